The van der Waals surface area contributed by atoms with Crippen LogP contribution in [-0.2, 0) is 32.7 Å². The highest BCUT2D eigenvalue weighted by Gasteiger charge is 2.26. The highest BCUT2D eigenvalue weighted by molar-refractivity contribution is 7.47. The summed E-state index contributed by atoms with van der Waals surface area (Å²) in [5.74, 6) is -0.918. The van der Waals surface area contributed by atoms with Crippen molar-refractivity contribution in [2.24, 2.45) is 5.73 Å². The van der Waals surface area contributed by atoms with Gasteiger partial charge in [-0.3, -0.25) is 18.6 Å². The third-order valence-electron chi connectivity index (χ3n) is 11.8. The molecular formula is C69H108NO8P. The second-order valence-corrected chi connectivity index (χ2v) is 20.6. The Kier molecular flexibility index (Phi) is 58.5. The van der Waals surface area contributed by atoms with E-state index in [0.717, 1.165) is 122 Å². The van der Waals surface area contributed by atoms with Crippen molar-refractivity contribution in [1.29, 1.82) is 0 Å². The number of esters is 2. The molecule has 0 amide bonds. The van der Waals surface area contributed by atoms with Crippen molar-refractivity contribution in [3.05, 3.63) is 182 Å². The Bertz CT molecular complexity index is 1940. The number of nitrogens with two attached hydrogens (primary N) is 1. The summed E-state index contributed by atoms with van der Waals surface area (Å²) in [5, 5.41) is 0. The summed E-state index contributed by atoms with van der Waals surface area (Å²) in [4.78, 5) is 35.2. The zero-order valence-corrected chi connectivity index (χ0v) is 50.2. The van der Waals surface area contributed by atoms with Crippen LogP contribution >= 0.6 is 7.82 Å². The number of allylic oxidation sites excluding steroid dienone is 30. The zero-order chi connectivity index (χ0) is 57.3. The smallest absolute Gasteiger partial charge is 0.462 e. The second-order valence-electron chi connectivity index (χ2n) is 19.1. The van der Waals surface area contributed by atoms with Crippen LogP contribution in [0.2, 0.25) is 0 Å². The summed E-state index contributed by atoms with van der Waals surface area (Å²) in [6.07, 6.45) is 93.8. The Labute approximate surface area is 482 Å². The number of phosphoric ester groups is 1. The molecule has 0 heterocycles. The fourth-order valence-electron chi connectivity index (χ4n) is 7.40. The van der Waals surface area contributed by atoms with Gasteiger partial charge in [-0.05, 0) is 128 Å². The van der Waals surface area contributed by atoms with E-state index in [1.165, 1.54) is 38.5 Å². The Morgan fingerprint density at radius 1 is 0.380 bits per heavy atom. The molecule has 9 nitrogen and oxygen atoms in total. The van der Waals surface area contributed by atoms with E-state index >= 15 is 0 Å². The van der Waals surface area contributed by atoms with Crippen LogP contribution in [0.4, 0.5) is 0 Å². The Hall–Kier alpha value is -4.89. The van der Waals surface area contributed by atoms with Crippen LogP contribution in [0.1, 0.15) is 206 Å². The minimum absolute atomic E-state index is 0.0329. The van der Waals surface area contributed by atoms with Crippen LogP contribution in [-0.4, -0.2) is 49.3 Å². The molecule has 10 heteroatoms. The van der Waals surface area contributed by atoms with E-state index in [1.807, 2.05) is 6.08 Å². The summed E-state index contributed by atoms with van der Waals surface area (Å²) >= 11 is 0. The molecule has 0 saturated heterocycles. The van der Waals surface area contributed by atoms with E-state index in [9.17, 15) is 19.0 Å². The van der Waals surface area contributed by atoms with Gasteiger partial charge in [0.2, 0.25) is 0 Å². The summed E-state index contributed by atoms with van der Waals surface area (Å²) in [6, 6.07) is 0. The number of hydrogen-bond acceptors (Lipinski definition) is 8. The van der Waals surface area contributed by atoms with E-state index in [-0.39, 0.29) is 32.6 Å². The molecule has 0 aliphatic carbocycles. The molecule has 442 valence electrons. The summed E-state index contributed by atoms with van der Waals surface area (Å²) in [7, 11) is -4.42. The van der Waals surface area contributed by atoms with Crippen molar-refractivity contribution in [3.63, 3.8) is 0 Å². The van der Waals surface area contributed by atoms with E-state index in [0.29, 0.717) is 19.3 Å². The van der Waals surface area contributed by atoms with Gasteiger partial charge < -0.3 is 20.1 Å². The maximum atomic E-state index is 12.7. The first-order valence-corrected chi connectivity index (χ1v) is 31.8. The lowest BCUT2D eigenvalue weighted by Crippen LogP contribution is -2.29. The van der Waals surface area contributed by atoms with Crippen molar-refractivity contribution in [2.45, 2.75) is 213 Å². The summed E-state index contributed by atoms with van der Waals surface area (Å²) in [5.41, 5.74) is 5.38. The average Bonchev–Trinajstić information content (AvgIpc) is 3.44. The largest absolute Gasteiger partial charge is 0.472 e. The molecule has 0 rings (SSSR count). The van der Waals surface area contributed by atoms with Crippen molar-refractivity contribution in [2.75, 3.05) is 26.4 Å². The number of hydrogen-bond donors (Lipinski definition) is 2. The third-order valence-corrected chi connectivity index (χ3v) is 12.8. The number of ether oxygens (including phenoxy) is 2. The van der Waals surface area contributed by atoms with Gasteiger partial charge in [-0.15, -0.1) is 0 Å². The monoisotopic (exact) mass is 1110 g/mol. The maximum absolute atomic E-state index is 12.7. The molecular weight excluding hydrogens is 1000 g/mol. The predicted octanol–water partition coefficient (Wildman–Crippen LogP) is 19.6. The number of unbranched alkanes of at least 4 members (excludes halogenated alkanes) is 11. The van der Waals surface area contributed by atoms with Gasteiger partial charge in [0.25, 0.3) is 0 Å². The second kappa shape index (κ2) is 62.3. The molecule has 0 aliphatic heterocycles. The predicted molar refractivity (Wildman–Crippen MR) is 339 cm³/mol. The first-order chi connectivity index (χ1) is 38.8. The van der Waals surface area contributed by atoms with Crippen molar-refractivity contribution in [3.8, 4) is 0 Å². The van der Waals surface area contributed by atoms with Crippen LogP contribution in [0.5, 0.6) is 0 Å². The normalized spacial score (nSPS) is 14.3. The fourth-order valence-corrected chi connectivity index (χ4v) is 8.17. The molecule has 0 radical (unpaired) electrons. The minimum atomic E-state index is -4.42. The number of carbonyl (C=O) groups excluding carboxylic acids is 2. The lowest BCUT2D eigenvalue weighted by Gasteiger charge is -2.19. The zero-order valence-electron chi connectivity index (χ0n) is 49.3. The highest BCUT2D eigenvalue weighted by Crippen LogP contribution is 2.43. The molecule has 0 spiro atoms. The van der Waals surface area contributed by atoms with Crippen LogP contribution in [0.15, 0.2) is 182 Å². The molecule has 0 bridgehead atoms. The van der Waals surface area contributed by atoms with Gasteiger partial charge in [0.05, 0.1) is 13.2 Å². The third kappa shape index (κ3) is 62.2. The molecule has 0 aromatic carbocycles. The summed E-state index contributed by atoms with van der Waals surface area (Å²) in [6.45, 7) is 3.42. The van der Waals surface area contributed by atoms with Crippen molar-refractivity contribution in [1.82, 2.24) is 0 Å². The molecule has 0 saturated carbocycles. The fraction of sp³-hybridized carbons (Fsp3) is 0.536. The maximum Gasteiger partial charge on any atom is 0.472 e. The van der Waals surface area contributed by atoms with Gasteiger partial charge in [0.1, 0.15) is 6.61 Å². The minimum Gasteiger partial charge on any atom is -0.462 e. The van der Waals surface area contributed by atoms with Gasteiger partial charge >= 0.3 is 19.8 Å². The number of carbonyl (C=O) groups is 2. The van der Waals surface area contributed by atoms with Gasteiger partial charge in [0, 0.05) is 19.4 Å². The Balaban J connectivity index is 4.14. The topological polar surface area (TPSA) is 134 Å². The number of rotatable bonds is 54. The Morgan fingerprint density at radius 2 is 0.671 bits per heavy atom. The van der Waals surface area contributed by atoms with Crippen molar-refractivity contribution >= 4 is 19.8 Å². The van der Waals surface area contributed by atoms with Crippen LogP contribution in [0.25, 0.3) is 0 Å². The van der Waals surface area contributed by atoms with Crippen LogP contribution < -0.4 is 5.73 Å². The molecule has 79 heavy (non-hydrogen) atoms. The van der Waals surface area contributed by atoms with Gasteiger partial charge in [-0.2, -0.15) is 0 Å². The summed E-state index contributed by atoms with van der Waals surface area (Å²) < 4.78 is 33.0. The Morgan fingerprint density at radius 3 is 1.01 bits per heavy atom. The number of phosphoric acid groups is 1. The van der Waals surface area contributed by atoms with Crippen molar-refractivity contribution < 1.29 is 37.6 Å². The van der Waals surface area contributed by atoms with Gasteiger partial charge in [0.15, 0.2) is 6.10 Å². The molecule has 0 aliphatic rings. The van der Waals surface area contributed by atoms with Gasteiger partial charge in [-0.1, -0.05) is 247 Å². The lowest BCUT2D eigenvalue weighted by molar-refractivity contribution is -0.161. The standard InChI is InChI=1S/C69H108NO8P/c1-3-5-7-9-11-13-15-17-19-21-23-25-27-29-31-33-35-37-39-41-43-45-47-49-51-53-55-57-59-61-68(71)75-65-67(66-77-79(73,74)76-64-63-70)78-69(72)62-60-58-56-54-52-50-48-46-44-42-40-38-36-34-32-30-28-26-24-22-20-18-16-14-12-10-8-6-4-2/h5-8,11-14,17-20,23-26,29-32,35-38,42,44,48,50,54,56,67H,3-4,9-10,15-16,21-22,27-28,33-34,39-41,43,45-47,49,51-53,55,57-66,70H2,1-2H3,(H,73,74)/b7-5-,8-6-,13-11-,14-12-,19-17-,20-18-,25-23-,26-24-,31-29-,32-30-,37-35-,38-36-,44-42-,50-48-,56-54-. The molecule has 3 N–H and O–H groups in total. The highest BCUT2D eigenvalue weighted by atomic mass is 31.2. The molecule has 0 fully saturated rings. The van der Waals surface area contributed by atoms with Crippen LogP contribution in [0.3, 0.4) is 0 Å². The molecule has 0 aromatic rings. The first kappa shape index (κ1) is 74.1. The quantitative estimate of drug-likeness (QED) is 0.0264. The average molecular weight is 1110 g/mol. The van der Waals surface area contributed by atoms with Crippen LogP contribution in [0, 0.1) is 0 Å². The first-order valence-electron chi connectivity index (χ1n) is 30.3. The van der Waals surface area contributed by atoms with E-state index in [4.69, 9.17) is 24.3 Å². The van der Waals surface area contributed by atoms with E-state index in [1.54, 1.807) is 0 Å². The molecule has 2 unspecified atom stereocenters. The molecule has 0 aromatic heterocycles. The van der Waals surface area contributed by atoms with E-state index in [2.05, 4.69) is 190 Å². The van der Waals surface area contributed by atoms with E-state index < -0.39 is 32.5 Å². The van der Waals surface area contributed by atoms with Gasteiger partial charge in [-0.25, -0.2) is 4.57 Å². The lowest BCUT2D eigenvalue weighted by atomic mass is 10.1. The SMILES string of the molecule is CC/C=C\C/C=C\C/C=C\C/C=C\C/C=C\C/C=C\C/C=C\C/C=C\C/C=C\CCCC(=O)OC(COC(=O)CCCCCCCCCCCC/C=C\C/C=C\C/C=C\C/C=C\C/C=C\C/C=C\CC)COP(=O)(O)OCCN. The molecule has 2 atom stereocenters.